The Hall–Kier alpha value is -3.10. The third-order valence-electron chi connectivity index (χ3n) is 3.03. The summed E-state index contributed by atoms with van der Waals surface area (Å²) in [6.45, 7) is 0. The molecule has 0 aliphatic heterocycles. The van der Waals surface area contributed by atoms with E-state index >= 15 is 0 Å². The highest BCUT2D eigenvalue weighted by atomic mass is 19.4. The third-order valence-corrected chi connectivity index (χ3v) is 3.03. The number of oxime groups is 1. The molecule has 0 aliphatic carbocycles. The van der Waals surface area contributed by atoms with Gasteiger partial charge in [-0.3, -0.25) is 4.79 Å². The minimum absolute atomic E-state index is 0.0801. The minimum Gasteiger partial charge on any atom is -0.438 e. The molecular weight excluding hydrogens is 339 g/mol. The lowest BCUT2D eigenvalue weighted by Gasteiger charge is -2.12. The highest BCUT2D eigenvalue weighted by Crippen LogP contribution is 2.33. The summed E-state index contributed by atoms with van der Waals surface area (Å²) in [5, 5.41) is 6.02. The second kappa shape index (κ2) is 7.65. The first-order valence-electron chi connectivity index (χ1n) is 7.00. The van der Waals surface area contributed by atoms with Gasteiger partial charge in [0.2, 0.25) is 5.88 Å². The number of ether oxygens (including phenoxy) is 1. The number of amides is 1. The highest BCUT2D eigenvalue weighted by Gasteiger charge is 2.30. The molecule has 0 aliphatic rings. The molecule has 2 aromatic rings. The van der Waals surface area contributed by atoms with E-state index in [0.29, 0.717) is 0 Å². The van der Waals surface area contributed by atoms with E-state index in [0.717, 1.165) is 12.1 Å². The smallest absolute Gasteiger partial charge is 0.416 e. The number of carbonyl (C=O) groups is 1. The normalized spacial score (nSPS) is 11.8. The van der Waals surface area contributed by atoms with Crippen LogP contribution in [0.2, 0.25) is 0 Å². The molecule has 0 fully saturated rings. The standard InChI is InChI=1S/C16H14F3N3O3/c1-20-14(23)13(22-24-2)12-7-4-8-21-15(12)25-11-6-3-5-10(9-11)16(17,18)19/h3-9H,1-2H3,(H,20,23)/b22-13-. The Morgan fingerprint density at radius 3 is 2.64 bits per heavy atom. The van der Waals surface area contributed by atoms with Crippen LogP contribution in [0.25, 0.3) is 0 Å². The zero-order valence-electron chi connectivity index (χ0n) is 13.3. The van der Waals surface area contributed by atoms with Crippen LogP contribution in [0.15, 0.2) is 47.8 Å². The van der Waals surface area contributed by atoms with Crippen LogP contribution >= 0.6 is 0 Å². The quantitative estimate of drug-likeness (QED) is 0.663. The van der Waals surface area contributed by atoms with Gasteiger partial charge < -0.3 is 14.9 Å². The van der Waals surface area contributed by atoms with Crippen molar-refractivity contribution < 1.29 is 27.5 Å². The van der Waals surface area contributed by atoms with Gasteiger partial charge in [0, 0.05) is 13.2 Å². The summed E-state index contributed by atoms with van der Waals surface area (Å²) in [6.07, 6.45) is -3.13. The lowest BCUT2D eigenvalue weighted by molar-refractivity contribution is -0.137. The Morgan fingerprint density at radius 1 is 1.24 bits per heavy atom. The van der Waals surface area contributed by atoms with Crippen LogP contribution in [0.3, 0.4) is 0 Å². The second-order valence-corrected chi connectivity index (χ2v) is 4.69. The van der Waals surface area contributed by atoms with Crippen LogP contribution in [-0.2, 0) is 15.8 Å². The van der Waals surface area contributed by atoms with Gasteiger partial charge in [-0.05, 0) is 30.3 Å². The van der Waals surface area contributed by atoms with Gasteiger partial charge in [0.05, 0.1) is 11.1 Å². The number of alkyl halides is 3. The largest absolute Gasteiger partial charge is 0.438 e. The first kappa shape index (κ1) is 18.2. The lowest BCUT2D eigenvalue weighted by Crippen LogP contribution is -2.29. The van der Waals surface area contributed by atoms with Crippen LogP contribution in [-0.4, -0.2) is 30.8 Å². The van der Waals surface area contributed by atoms with Gasteiger partial charge >= 0.3 is 6.18 Å². The number of hydrogen-bond acceptors (Lipinski definition) is 5. The number of halogens is 3. The number of pyridine rings is 1. The molecule has 0 saturated carbocycles. The predicted molar refractivity (Wildman–Crippen MR) is 83.4 cm³/mol. The maximum absolute atomic E-state index is 12.8. The molecule has 2 rings (SSSR count). The molecule has 1 N–H and O–H groups in total. The number of rotatable bonds is 5. The van der Waals surface area contributed by atoms with Crippen LogP contribution in [0.5, 0.6) is 11.6 Å². The van der Waals surface area contributed by atoms with E-state index in [1.54, 1.807) is 0 Å². The number of nitrogens with one attached hydrogen (secondary N) is 1. The van der Waals surface area contributed by atoms with Crippen molar-refractivity contribution in [3.63, 3.8) is 0 Å². The number of aromatic nitrogens is 1. The van der Waals surface area contributed by atoms with Gasteiger partial charge in [0.25, 0.3) is 5.91 Å². The van der Waals surface area contributed by atoms with Gasteiger partial charge in [-0.25, -0.2) is 4.98 Å². The van der Waals surface area contributed by atoms with E-state index < -0.39 is 17.6 Å². The molecule has 1 aromatic carbocycles. The Morgan fingerprint density at radius 2 is 2.00 bits per heavy atom. The maximum atomic E-state index is 12.8. The molecule has 0 spiro atoms. The first-order chi connectivity index (χ1) is 11.9. The SMILES string of the molecule is CNC(=O)/C(=N\OC)c1cccnc1Oc1cccc(C(F)(F)F)c1. The fourth-order valence-corrected chi connectivity index (χ4v) is 1.92. The molecule has 0 saturated heterocycles. The Bertz CT molecular complexity index is 791. The molecule has 0 radical (unpaired) electrons. The van der Waals surface area contributed by atoms with Crippen molar-refractivity contribution in [2.75, 3.05) is 14.2 Å². The zero-order valence-corrected chi connectivity index (χ0v) is 13.3. The average molecular weight is 353 g/mol. The van der Waals surface area contributed by atoms with Gasteiger partial charge in [-0.2, -0.15) is 13.2 Å². The monoisotopic (exact) mass is 353 g/mol. The van der Waals surface area contributed by atoms with E-state index in [1.165, 1.54) is 44.6 Å². The van der Waals surface area contributed by atoms with Crippen molar-refractivity contribution in [2.24, 2.45) is 5.16 Å². The number of hydrogen-bond donors (Lipinski definition) is 1. The van der Waals surface area contributed by atoms with Gasteiger partial charge in [0.1, 0.15) is 12.9 Å². The van der Waals surface area contributed by atoms with Crippen molar-refractivity contribution in [3.8, 4) is 11.6 Å². The van der Waals surface area contributed by atoms with Crippen LogP contribution in [0.1, 0.15) is 11.1 Å². The first-order valence-corrected chi connectivity index (χ1v) is 7.00. The van der Waals surface area contributed by atoms with E-state index in [9.17, 15) is 18.0 Å². The maximum Gasteiger partial charge on any atom is 0.416 e. The van der Waals surface area contributed by atoms with Gasteiger partial charge in [-0.15, -0.1) is 0 Å². The van der Waals surface area contributed by atoms with E-state index in [1.807, 2.05) is 0 Å². The summed E-state index contributed by atoms with van der Waals surface area (Å²) >= 11 is 0. The fourth-order valence-electron chi connectivity index (χ4n) is 1.92. The summed E-state index contributed by atoms with van der Waals surface area (Å²) in [5.41, 5.74) is -0.819. The van der Waals surface area contributed by atoms with Gasteiger partial charge in [-0.1, -0.05) is 11.2 Å². The van der Waals surface area contributed by atoms with E-state index in [-0.39, 0.29) is 22.9 Å². The van der Waals surface area contributed by atoms with Crippen molar-refractivity contribution in [3.05, 3.63) is 53.7 Å². The molecule has 1 aromatic heterocycles. The summed E-state index contributed by atoms with van der Waals surface area (Å²) in [4.78, 5) is 20.5. The van der Waals surface area contributed by atoms with Crippen LogP contribution < -0.4 is 10.1 Å². The molecule has 1 heterocycles. The number of nitrogens with zero attached hydrogens (tertiary/aromatic N) is 2. The van der Waals surface area contributed by atoms with Crippen molar-refractivity contribution in [2.45, 2.75) is 6.18 Å². The summed E-state index contributed by atoms with van der Waals surface area (Å²) in [5.74, 6) is -0.728. The Kier molecular flexibility index (Phi) is 5.58. The predicted octanol–water partition coefficient (Wildman–Crippen LogP) is 2.99. The van der Waals surface area contributed by atoms with Crippen molar-refractivity contribution in [1.29, 1.82) is 0 Å². The van der Waals surface area contributed by atoms with E-state index in [4.69, 9.17) is 4.74 Å². The topological polar surface area (TPSA) is 72.8 Å². The lowest BCUT2D eigenvalue weighted by atomic mass is 10.1. The molecule has 0 unspecified atom stereocenters. The van der Waals surface area contributed by atoms with Gasteiger partial charge in [0.15, 0.2) is 5.71 Å². The van der Waals surface area contributed by atoms with Crippen molar-refractivity contribution in [1.82, 2.24) is 10.3 Å². The Labute approximate surface area is 141 Å². The summed E-state index contributed by atoms with van der Waals surface area (Å²) in [7, 11) is 2.66. The van der Waals surface area contributed by atoms with Crippen molar-refractivity contribution >= 4 is 11.6 Å². The number of carbonyl (C=O) groups excluding carboxylic acids is 1. The molecule has 1 amide bonds. The minimum atomic E-state index is -4.50. The summed E-state index contributed by atoms with van der Waals surface area (Å²) < 4.78 is 43.9. The molecule has 25 heavy (non-hydrogen) atoms. The molecule has 132 valence electrons. The Balaban J connectivity index is 2.42. The highest BCUT2D eigenvalue weighted by molar-refractivity contribution is 6.45. The molecule has 9 heteroatoms. The number of benzene rings is 1. The molecule has 0 bridgehead atoms. The zero-order chi connectivity index (χ0) is 18.4. The number of likely N-dealkylation sites (N-methyl/N-ethyl adjacent to an activating group) is 1. The molecule has 6 nitrogen and oxygen atoms in total. The molecular formula is C16H14F3N3O3. The van der Waals surface area contributed by atoms with Crippen LogP contribution in [0.4, 0.5) is 13.2 Å². The van der Waals surface area contributed by atoms with E-state index in [2.05, 4.69) is 20.3 Å². The third kappa shape index (κ3) is 4.46. The molecule has 0 atom stereocenters. The van der Waals surface area contributed by atoms with Crippen LogP contribution in [0, 0.1) is 0 Å². The second-order valence-electron chi connectivity index (χ2n) is 4.69. The summed E-state index contributed by atoms with van der Waals surface area (Å²) in [6, 6.07) is 7.34. The fraction of sp³-hybridized carbons (Fsp3) is 0.188. The average Bonchev–Trinajstić information content (AvgIpc) is 2.59.